The average molecular weight is 478 g/mol. The second-order valence-electron chi connectivity index (χ2n) is 7.13. The summed E-state index contributed by atoms with van der Waals surface area (Å²) in [6, 6.07) is 21.8. The second kappa shape index (κ2) is 7.96. The van der Waals surface area contributed by atoms with Gasteiger partial charge in [-0.3, -0.25) is 9.88 Å². The fraction of sp³-hybridized carbons (Fsp3) is 0.130. The van der Waals surface area contributed by atoms with Gasteiger partial charge in [0.05, 0.1) is 18.1 Å². The molecule has 31 heavy (non-hydrogen) atoms. The number of hydrogen-bond acceptors (Lipinski definition) is 6. The third-order valence-electron chi connectivity index (χ3n) is 5.14. The van der Waals surface area contributed by atoms with Gasteiger partial charge in [0.2, 0.25) is 5.95 Å². The molecule has 0 spiro atoms. The largest absolute Gasteiger partial charge is 0.493 e. The van der Waals surface area contributed by atoms with E-state index in [1.807, 2.05) is 71.3 Å². The third-order valence-corrected chi connectivity index (χ3v) is 5.66. The van der Waals surface area contributed by atoms with Gasteiger partial charge in [-0.1, -0.05) is 46.3 Å². The van der Waals surface area contributed by atoms with Crippen LogP contribution in [0.25, 0.3) is 11.0 Å². The zero-order chi connectivity index (χ0) is 21.4. The van der Waals surface area contributed by atoms with Gasteiger partial charge in [-0.2, -0.15) is 0 Å². The van der Waals surface area contributed by atoms with Crippen LogP contribution < -0.4 is 20.5 Å². The molecular weight excluding hydrogens is 458 g/mol. The number of imidazole rings is 1. The van der Waals surface area contributed by atoms with Crippen molar-refractivity contribution in [2.75, 3.05) is 12.4 Å². The van der Waals surface area contributed by atoms with Crippen molar-refractivity contribution in [1.29, 1.82) is 0 Å². The highest BCUT2D eigenvalue weighted by molar-refractivity contribution is 9.10. The van der Waals surface area contributed by atoms with Crippen LogP contribution in [0.5, 0.6) is 11.5 Å². The number of nitrogens with two attached hydrogens (primary N) is 1. The Morgan fingerprint density at radius 3 is 2.68 bits per heavy atom. The summed E-state index contributed by atoms with van der Waals surface area (Å²) in [7, 11) is 1.63. The minimum atomic E-state index is -0.363. The number of nitrogens with one attached hydrogen (secondary N) is 1. The average Bonchev–Trinajstić information content (AvgIpc) is 3.16. The molecule has 0 saturated carbocycles. The molecule has 0 bridgehead atoms. The minimum Gasteiger partial charge on any atom is -0.493 e. The topological polar surface area (TPSA) is 86.7 Å². The Morgan fingerprint density at radius 1 is 1.06 bits per heavy atom. The molecule has 0 radical (unpaired) electrons. The van der Waals surface area contributed by atoms with Gasteiger partial charge in [0.25, 0.3) is 0 Å². The van der Waals surface area contributed by atoms with E-state index in [0.29, 0.717) is 30.0 Å². The van der Waals surface area contributed by atoms with Crippen molar-refractivity contribution in [2.45, 2.75) is 12.8 Å². The van der Waals surface area contributed by atoms with Crippen LogP contribution in [-0.4, -0.2) is 22.6 Å². The first-order chi connectivity index (χ1) is 15.1. The van der Waals surface area contributed by atoms with E-state index in [0.717, 1.165) is 26.6 Å². The summed E-state index contributed by atoms with van der Waals surface area (Å²) in [4.78, 5) is 9.27. The number of hydrogen-bond donors (Lipinski definition) is 2. The molecule has 1 aromatic heterocycles. The van der Waals surface area contributed by atoms with E-state index in [9.17, 15) is 0 Å². The summed E-state index contributed by atoms with van der Waals surface area (Å²) in [6.07, 6.45) is -0.363. The predicted octanol–water partition coefficient (Wildman–Crippen LogP) is 4.67. The molecule has 0 amide bonds. The van der Waals surface area contributed by atoms with Gasteiger partial charge in [0.15, 0.2) is 23.6 Å². The molecule has 1 unspecified atom stereocenters. The first-order valence-corrected chi connectivity index (χ1v) is 10.5. The van der Waals surface area contributed by atoms with Gasteiger partial charge in [0, 0.05) is 10.0 Å². The number of halogens is 1. The van der Waals surface area contributed by atoms with Gasteiger partial charge in [0.1, 0.15) is 6.61 Å². The molecule has 8 heteroatoms. The van der Waals surface area contributed by atoms with Crippen LogP contribution in [0.4, 0.5) is 5.95 Å². The Labute approximate surface area is 187 Å². The monoisotopic (exact) mass is 477 g/mol. The van der Waals surface area contributed by atoms with Crippen molar-refractivity contribution in [1.82, 2.24) is 9.55 Å². The van der Waals surface area contributed by atoms with Crippen molar-refractivity contribution in [3.8, 4) is 11.5 Å². The number of para-hydroxylation sites is 2. The Balaban J connectivity index is 1.48. The molecule has 0 saturated heterocycles. The first-order valence-electron chi connectivity index (χ1n) is 9.75. The molecule has 4 aromatic rings. The number of methoxy groups -OCH3 is 1. The summed E-state index contributed by atoms with van der Waals surface area (Å²) >= 11 is 3.45. The van der Waals surface area contributed by atoms with Crippen LogP contribution in [0.3, 0.4) is 0 Å². The molecule has 0 fully saturated rings. The maximum Gasteiger partial charge on any atom is 0.212 e. The molecule has 5 rings (SSSR count). The van der Waals surface area contributed by atoms with E-state index >= 15 is 0 Å². The number of guanidine groups is 1. The van der Waals surface area contributed by atoms with Gasteiger partial charge in [-0.15, -0.1) is 0 Å². The second-order valence-corrected chi connectivity index (χ2v) is 8.05. The molecule has 2 heterocycles. The molecule has 3 N–H and O–H groups in total. The first kappa shape index (κ1) is 19.4. The number of aromatic nitrogens is 2. The highest BCUT2D eigenvalue weighted by Gasteiger charge is 2.25. The molecule has 1 atom stereocenters. The Morgan fingerprint density at radius 2 is 1.87 bits per heavy atom. The van der Waals surface area contributed by atoms with Crippen molar-refractivity contribution >= 4 is 38.9 Å². The number of fused-ring (bicyclic) bond motifs is 3. The van der Waals surface area contributed by atoms with Crippen LogP contribution >= 0.6 is 15.9 Å². The lowest BCUT2D eigenvalue weighted by Crippen LogP contribution is -2.31. The summed E-state index contributed by atoms with van der Waals surface area (Å²) < 4.78 is 14.7. The smallest absolute Gasteiger partial charge is 0.212 e. The maximum absolute atomic E-state index is 6.05. The number of benzene rings is 3. The van der Waals surface area contributed by atoms with Crippen molar-refractivity contribution in [3.05, 3.63) is 82.3 Å². The van der Waals surface area contributed by atoms with Crippen LogP contribution in [0.2, 0.25) is 0 Å². The van der Waals surface area contributed by atoms with Crippen LogP contribution in [0.15, 0.2) is 76.2 Å². The minimum absolute atomic E-state index is 0.322. The summed E-state index contributed by atoms with van der Waals surface area (Å²) in [5.41, 5.74) is 9.89. The molecule has 3 aromatic carbocycles. The van der Waals surface area contributed by atoms with Crippen LogP contribution in [0, 0.1) is 0 Å². The fourth-order valence-corrected chi connectivity index (χ4v) is 3.91. The lowest BCUT2D eigenvalue weighted by Gasteiger charge is -2.24. The van der Waals surface area contributed by atoms with Gasteiger partial charge >= 0.3 is 0 Å². The summed E-state index contributed by atoms with van der Waals surface area (Å²) in [6.45, 7) is 0.442. The van der Waals surface area contributed by atoms with Crippen molar-refractivity contribution in [3.63, 3.8) is 0 Å². The molecule has 0 aliphatic carbocycles. The van der Waals surface area contributed by atoms with E-state index in [1.165, 1.54) is 0 Å². The van der Waals surface area contributed by atoms with Gasteiger partial charge in [-0.05, 0) is 42.0 Å². The highest BCUT2D eigenvalue weighted by Crippen LogP contribution is 2.36. The predicted molar refractivity (Wildman–Crippen MR) is 125 cm³/mol. The van der Waals surface area contributed by atoms with Gasteiger partial charge < -0.3 is 15.2 Å². The number of ether oxygens (including phenoxy) is 2. The van der Waals surface area contributed by atoms with E-state index in [2.05, 4.69) is 31.2 Å². The number of aliphatic imine (C=N–C) groups is 1. The maximum atomic E-state index is 6.05. The summed E-state index contributed by atoms with van der Waals surface area (Å²) in [5, 5.41) is 3.05. The third kappa shape index (κ3) is 3.70. The Kier molecular flexibility index (Phi) is 4.99. The number of nitrogens with zero attached hydrogens (tertiary/aromatic N) is 3. The lowest BCUT2D eigenvalue weighted by atomic mass is 10.1. The Hall–Kier alpha value is -3.52. The highest BCUT2D eigenvalue weighted by atomic mass is 79.9. The number of anilines is 1. The van der Waals surface area contributed by atoms with E-state index < -0.39 is 0 Å². The molecule has 156 valence electrons. The summed E-state index contributed by atoms with van der Waals surface area (Å²) in [5.74, 6) is 2.28. The normalized spacial score (nSPS) is 15.2. The number of rotatable bonds is 5. The standard InChI is InChI=1S/C23H20BrN5O2/c1-30-20-12-15(8-11-19(20)31-13-14-6-9-16(24)10-7-14)21-27-22(25)28-23-26-17-4-2-3-5-18(17)29(21)23/h2-12,21H,13H2,1H3,(H3,25,26,27,28). The fourth-order valence-electron chi connectivity index (χ4n) is 3.65. The molecule has 1 aliphatic heterocycles. The van der Waals surface area contributed by atoms with E-state index in [-0.39, 0.29) is 6.17 Å². The van der Waals surface area contributed by atoms with Gasteiger partial charge in [-0.25, -0.2) is 9.98 Å². The van der Waals surface area contributed by atoms with E-state index in [4.69, 9.17) is 15.2 Å². The molecule has 1 aliphatic rings. The SMILES string of the molecule is COc1cc(C2N=C(N)Nc3nc4ccccc4n32)ccc1OCc1ccc(Br)cc1. The van der Waals surface area contributed by atoms with Crippen molar-refractivity contribution in [2.24, 2.45) is 10.7 Å². The quantitative estimate of drug-likeness (QED) is 0.435. The van der Waals surface area contributed by atoms with Crippen LogP contribution in [0.1, 0.15) is 17.3 Å². The zero-order valence-electron chi connectivity index (χ0n) is 16.7. The Bertz CT molecular complexity index is 1280. The molecular formula is C23H20BrN5O2. The molecule has 7 nitrogen and oxygen atoms in total. The zero-order valence-corrected chi connectivity index (χ0v) is 18.3. The van der Waals surface area contributed by atoms with E-state index in [1.54, 1.807) is 7.11 Å². The van der Waals surface area contributed by atoms with Crippen molar-refractivity contribution < 1.29 is 9.47 Å². The lowest BCUT2D eigenvalue weighted by molar-refractivity contribution is 0.284. The van der Waals surface area contributed by atoms with Crippen LogP contribution in [-0.2, 0) is 6.61 Å².